The third-order valence-corrected chi connectivity index (χ3v) is 12.3. The third kappa shape index (κ3) is 7.40. The summed E-state index contributed by atoms with van der Waals surface area (Å²) in [6, 6.07) is 14.7. The van der Waals surface area contributed by atoms with E-state index in [1.165, 1.54) is 26.0 Å². The van der Waals surface area contributed by atoms with Crippen molar-refractivity contribution in [2.24, 2.45) is 16.7 Å². The molecule has 2 aromatic carbocycles. The largest absolute Gasteiger partial charge is 0.456 e. The number of aliphatic hydroxyl groups is 5. The van der Waals surface area contributed by atoms with Gasteiger partial charge in [-0.05, 0) is 63.5 Å². The zero-order valence-electron chi connectivity index (χ0n) is 32.6. The standard InChI is InChI=1S/C41H51NO13.Ac/c1-21-24(53-35(48)30(45)28(22-14-10-8-11-15-22)42-36(49)55-37(2,3)4)19-41(51)33(54-34(47)23-16-12-9-13-17-23)31-39(7,25(43)18-26-40(31,50)20-52-26)32(46)29(44)27(21)38(41,5)6;/h8-17,24-26,28-31,33,43-45,50-51H,18-20H2,1-7H3,(H,42,49);. The number of nitrogens with one attached hydrogen (secondary N) is 1. The summed E-state index contributed by atoms with van der Waals surface area (Å²) in [6.45, 7) is 10.6. The SMILES string of the molecule is CC1=C2C(O)C(=O)C3(C)C(O)CC4OCC4(O)C3C(OC(=O)c3ccccc3)C(O)(CC1OC(=O)C(O)C(NC(=O)OC(C)(C)C)c1ccccc1)C2(C)C.[Ac]. The van der Waals surface area contributed by atoms with Gasteiger partial charge in [-0.3, -0.25) is 4.79 Å². The van der Waals surface area contributed by atoms with Gasteiger partial charge in [0, 0.05) is 68.2 Å². The normalized spacial score (nSPS) is 34.4. The van der Waals surface area contributed by atoms with Crippen LogP contribution in [0.2, 0.25) is 0 Å². The summed E-state index contributed by atoms with van der Waals surface area (Å²) in [5, 5.41) is 63.2. The van der Waals surface area contributed by atoms with Crippen LogP contribution < -0.4 is 5.32 Å². The molecule has 1 heterocycles. The van der Waals surface area contributed by atoms with Gasteiger partial charge >= 0.3 is 18.0 Å². The number of ether oxygens (including phenoxy) is 4. The van der Waals surface area contributed by atoms with Crippen LogP contribution in [0.1, 0.15) is 83.3 Å². The van der Waals surface area contributed by atoms with Crippen LogP contribution in [0, 0.1) is 60.8 Å². The first-order chi connectivity index (χ1) is 25.6. The number of carbonyl (C=O) groups excluding carboxylic acids is 4. The Labute approximate surface area is 361 Å². The Morgan fingerprint density at radius 3 is 2.09 bits per heavy atom. The van der Waals surface area contributed by atoms with Gasteiger partial charge in [0.05, 0.1) is 35.8 Å². The zero-order chi connectivity index (χ0) is 40.5. The van der Waals surface area contributed by atoms with E-state index >= 15 is 0 Å². The van der Waals surface area contributed by atoms with Gasteiger partial charge in [0.25, 0.3) is 0 Å². The molecular formula is C41H51AcNO13. The number of alkyl carbamates (subject to hydrolysis) is 1. The van der Waals surface area contributed by atoms with Crippen LogP contribution in [-0.2, 0) is 28.5 Å². The Kier molecular flexibility index (Phi) is 12.5. The van der Waals surface area contributed by atoms with Gasteiger partial charge in [0.1, 0.15) is 35.1 Å². The molecule has 0 spiro atoms. The van der Waals surface area contributed by atoms with Gasteiger partial charge in [0.2, 0.25) is 0 Å². The summed E-state index contributed by atoms with van der Waals surface area (Å²) in [6.07, 6.45) is -11.3. The Morgan fingerprint density at radius 2 is 1.54 bits per heavy atom. The Balaban J connectivity index is 0.00000600. The molecule has 4 aliphatic rings. The van der Waals surface area contributed by atoms with E-state index in [2.05, 4.69) is 5.32 Å². The van der Waals surface area contributed by atoms with Crippen LogP contribution in [0.4, 0.5) is 4.79 Å². The first-order valence-corrected chi connectivity index (χ1v) is 18.4. The number of fused-ring (bicyclic) bond motifs is 5. The number of amides is 1. The van der Waals surface area contributed by atoms with Crippen molar-refractivity contribution in [2.45, 2.75) is 121 Å². The fourth-order valence-electron chi connectivity index (χ4n) is 9.16. The molecular weight excluding hydrogens is 941 g/mol. The molecule has 6 rings (SSSR count). The van der Waals surface area contributed by atoms with E-state index < -0.39 is 106 Å². The second-order valence-corrected chi connectivity index (χ2v) is 17.0. The topological polar surface area (TPSA) is 218 Å². The van der Waals surface area contributed by atoms with Gasteiger partial charge in [-0.1, -0.05) is 62.4 Å². The van der Waals surface area contributed by atoms with Gasteiger partial charge in [-0.25, -0.2) is 14.4 Å². The molecule has 1 saturated heterocycles. The maximum absolute atomic E-state index is 14.7. The second-order valence-electron chi connectivity index (χ2n) is 17.0. The summed E-state index contributed by atoms with van der Waals surface area (Å²) in [5.41, 5.74) is -8.10. The van der Waals surface area contributed by atoms with Crippen LogP contribution in [0.3, 0.4) is 0 Å². The molecule has 15 heteroatoms. The summed E-state index contributed by atoms with van der Waals surface area (Å²) >= 11 is 0. The molecule has 56 heavy (non-hydrogen) atoms. The molecule has 2 saturated carbocycles. The molecule has 2 aromatic rings. The molecule has 2 bridgehead atoms. The van der Waals surface area contributed by atoms with Gasteiger partial charge in [-0.2, -0.15) is 0 Å². The molecule has 11 unspecified atom stereocenters. The third-order valence-electron chi connectivity index (χ3n) is 12.3. The average Bonchev–Trinajstić information content (AvgIpc) is 3.12. The molecule has 1 radical (unpaired) electrons. The minimum absolute atomic E-state index is 0. The number of benzene rings is 2. The summed E-state index contributed by atoms with van der Waals surface area (Å²) < 4.78 is 23.2. The van der Waals surface area contributed by atoms with E-state index in [-0.39, 0.29) is 73.8 Å². The van der Waals surface area contributed by atoms with Crippen molar-refractivity contribution >= 4 is 23.8 Å². The number of hydrogen-bond acceptors (Lipinski definition) is 13. The maximum Gasteiger partial charge on any atom is 0.408 e. The van der Waals surface area contributed by atoms with Gasteiger partial charge < -0.3 is 49.8 Å². The first-order valence-electron chi connectivity index (χ1n) is 18.4. The second kappa shape index (κ2) is 15.8. The number of Topliss-reactive ketones (excluding diaryl/α,β-unsaturated/α-hetero) is 1. The average molecular weight is 993 g/mol. The first kappa shape index (κ1) is 44.4. The van der Waals surface area contributed by atoms with Crippen molar-refractivity contribution in [3.63, 3.8) is 0 Å². The minimum Gasteiger partial charge on any atom is -0.456 e. The Bertz CT molecular complexity index is 1860. The van der Waals surface area contributed by atoms with Crippen LogP contribution in [0.15, 0.2) is 71.8 Å². The van der Waals surface area contributed by atoms with Gasteiger partial charge in [0.15, 0.2) is 11.9 Å². The molecule has 3 aliphatic carbocycles. The molecule has 14 nitrogen and oxygen atoms in total. The van der Waals surface area contributed by atoms with Crippen molar-refractivity contribution in [2.75, 3.05) is 6.61 Å². The van der Waals surface area contributed by atoms with E-state index in [4.69, 9.17) is 18.9 Å². The van der Waals surface area contributed by atoms with Crippen LogP contribution in [0.25, 0.3) is 0 Å². The van der Waals surface area contributed by atoms with Crippen molar-refractivity contribution in [3.8, 4) is 0 Å². The van der Waals surface area contributed by atoms with Crippen LogP contribution >= 0.6 is 0 Å². The van der Waals surface area contributed by atoms with E-state index in [0.29, 0.717) is 5.56 Å². The van der Waals surface area contributed by atoms with Crippen LogP contribution in [0.5, 0.6) is 0 Å². The van der Waals surface area contributed by atoms with Crippen molar-refractivity contribution in [1.29, 1.82) is 0 Å². The molecule has 1 aliphatic heterocycles. The number of aliphatic hydroxyl groups excluding tert-OH is 3. The number of hydrogen-bond donors (Lipinski definition) is 6. The predicted molar refractivity (Wildman–Crippen MR) is 194 cm³/mol. The van der Waals surface area contributed by atoms with Crippen molar-refractivity contribution in [3.05, 3.63) is 82.9 Å². The minimum atomic E-state index is -2.31. The van der Waals surface area contributed by atoms with E-state index in [1.54, 1.807) is 83.1 Å². The Morgan fingerprint density at radius 1 is 0.946 bits per heavy atom. The molecule has 301 valence electrons. The number of ketones is 1. The number of carbonyl (C=O) groups is 4. The Hall–Kier alpha value is -2.74. The van der Waals surface area contributed by atoms with E-state index in [9.17, 15) is 44.7 Å². The van der Waals surface area contributed by atoms with E-state index in [1.807, 2.05) is 0 Å². The fourth-order valence-corrected chi connectivity index (χ4v) is 9.16. The maximum atomic E-state index is 14.7. The monoisotopic (exact) mass is 992 g/mol. The molecule has 6 N–H and O–H groups in total. The molecule has 0 aromatic heterocycles. The smallest absolute Gasteiger partial charge is 0.408 e. The number of esters is 2. The van der Waals surface area contributed by atoms with Crippen molar-refractivity contribution in [1.82, 2.24) is 5.32 Å². The van der Waals surface area contributed by atoms with Crippen LogP contribution in [-0.4, -0.2) is 109 Å². The van der Waals surface area contributed by atoms with E-state index in [0.717, 1.165) is 0 Å². The fraction of sp³-hybridized carbons (Fsp3) is 0.561. The molecule has 3 fully saturated rings. The van der Waals surface area contributed by atoms with Gasteiger partial charge in [-0.15, -0.1) is 0 Å². The summed E-state index contributed by atoms with van der Waals surface area (Å²) in [7, 11) is 0. The molecule has 1 amide bonds. The summed E-state index contributed by atoms with van der Waals surface area (Å²) in [4.78, 5) is 55.5. The predicted octanol–water partition coefficient (Wildman–Crippen LogP) is 2.69. The zero-order valence-corrected chi connectivity index (χ0v) is 37.3. The number of rotatable bonds is 7. The quantitative estimate of drug-likeness (QED) is 0.134. The molecule has 11 atom stereocenters. The summed E-state index contributed by atoms with van der Waals surface area (Å²) in [5.74, 6) is -4.55. The van der Waals surface area contributed by atoms with Crippen molar-refractivity contribution < 1.29 is 108 Å².